The topological polar surface area (TPSA) is 84.8 Å². The number of aliphatic carboxylic acids is 1. The molecule has 0 bridgehead atoms. The first-order valence-corrected chi connectivity index (χ1v) is 8.26. The van der Waals surface area contributed by atoms with E-state index in [2.05, 4.69) is 11.0 Å². The summed E-state index contributed by atoms with van der Waals surface area (Å²) in [4.78, 5) is 10.9. The molecule has 0 amide bonds. The van der Waals surface area contributed by atoms with Gasteiger partial charge in [0.2, 0.25) is 0 Å². The summed E-state index contributed by atoms with van der Waals surface area (Å²) < 4.78 is 0. The van der Waals surface area contributed by atoms with Crippen LogP contribution in [0.2, 0.25) is 0 Å². The van der Waals surface area contributed by atoms with Crippen molar-refractivity contribution in [2.24, 2.45) is 0 Å². The van der Waals surface area contributed by atoms with Crippen molar-refractivity contribution in [3.8, 4) is 5.75 Å². The van der Waals surface area contributed by atoms with E-state index < -0.39 is 5.97 Å². The third kappa shape index (κ3) is 3.39. The van der Waals surface area contributed by atoms with Crippen LogP contribution in [-0.2, 0) is 16.6 Å². The van der Waals surface area contributed by atoms with Crippen molar-refractivity contribution in [2.75, 3.05) is 10.4 Å². The molecule has 0 saturated heterocycles. The number of carbonyl (C=O) groups is 1. The highest BCUT2D eigenvalue weighted by atomic mass is 16.4. The van der Waals surface area contributed by atoms with Gasteiger partial charge in [-0.15, -0.1) is 5.53 Å². The van der Waals surface area contributed by atoms with E-state index in [4.69, 9.17) is 5.11 Å². The van der Waals surface area contributed by atoms with Gasteiger partial charge in [0, 0.05) is 12.0 Å². The monoisotopic (exact) mass is 341 g/mol. The lowest BCUT2D eigenvalue weighted by atomic mass is 9.84. The Labute approximate surface area is 147 Å². The zero-order valence-corrected chi connectivity index (χ0v) is 14.6. The van der Waals surface area contributed by atoms with Crippen LogP contribution in [0.5, 0.6) is 5.75 Å². The second-order valence-electron chi connectivity index (χ2n) is 7.24. The first-order valence-electron chi connectivity index (χ1n) is 8.26. The number of phenols is 1. The standard InChI is InChI=1S/C19H23N3O3/c1-19(2,3)13-10-12(8-9-17(23)24)11-16(18(13)25)22-15-7-5-4-6-14(15)20-21-22/h4-7,10-11,20-21,25H,8-9H2,1-3H3,(H,23,24). The third-order valence-electron chi connectivity index (χ3n) is 4.27. The SMILES string of the molecule is CC(C)(C)c1cc(CCC(=O)O)cc(N2NNc3ccccc32)c1O. The van der Waals surface area contributed by atoms with Gasteiger partial charge in [-0.25, -0.2) is 0 Å². The fourth-order valence-corrected chi connectivity index (χ4v) is 2.96. The van der Waals surface area contributed by atoms with E-state index in [1.807, 2.05) is 57.2 Å². The highest BCUT2D eigenvalue weighted by molar-refractivity contribution is 5.82. The summed E-state index contributed by atoms with van der Waals surface area (Å²) in [7, 11) is 0. The van der Waals surface area contributed by atoms with Crippen LogP contribution in [0.3, 0.4) is 0 Å². The molecule has 1 aliphatic heterocycles. The molecule has 2 aromatic rings. The van der Waals surface area contributed by atoms with E-state index in [-0.39, 0.29) is 17.6 Å². The average molecular weight is 341 g/mol. The number of hydrazine groups is 2. The van der Waals surface area contributed by atoms with Crippen molar-refractivity contribution < 1.29 is 15.0 Å². The van der Waals surface area contributed by atoms with Gasteiger partial charge in [0.25, 0.3) is 0 Å². The molecule has 0 saturated carbocycles. The largest absolute Gasteiger partial charge is 0.505 e. The Balaban J connectivity index is 2.09. The Kier molecular flexibility index (Phi) is 4.30. The second-order valence-corrected chi connectivity index (χ2v) is 7.24. The van der Waals surface area contributed by atoms with Gasteiger partial charge in [-0.1, -0.05) is 39.0 Å². The minimum absolute atomic E-state index is 0.0517. The van der Waals surface area contributed by atoms with E-state index in [0.29, 0.717) is 12.1 Å². The summed E-state index contributed by atoms with van der Waals surface area (Å²) >= 11 is 0. The van der Waals surface area contributed by atoms with Gasteiger partial charge in [0.05, 0.1) is 11.4 Å². The van der Waals surface area contributed by atoms with Gasteiger partial charge >= 0.3 is 5.97 Å². The van der Waals surface area contributed by atoms with E-state index >= 15 is 0 Å². The second kappa shape index (κ2) is 6.29. The van der Waals surface area contributed by atoms with Crippen molar-refractivity contribution in [3.05, 3.63) is 47.5 Å². The normalized spacial score (nSPS) is 13.5. The Morgan fingerprint density at radius 2 is 1.88 bits per heavy atom. The molecular weight excluding hydrogens is 318 g/mol. The minimum atomic E-state index is -0.835. The summed E-state index contributed by atoms with van der Waals surface area (Å²) in [5.41, 5.74) is 9.94. The first kappa shape index (κ1) is 17.1. The molecule has 0 atom stereocenters. The van der Waals surface area contributed by atoms with Crippen molar-refractivity contribution in [3.63, 3.8) is 0 Å². The lowest BCUT2D eigenvalue weighted by molar-refractivity contribution is -0.136. The van der Waals surface area contributed by atoms with Gasteiger partial charge in [-0.05, 0) is 35.6 Å². The number of nitrogens with zero attached hydrogens (tertiary/aromatic N) is 1. The molecular formula is C19H23N3O3. The quantitative estimate of drug-likeness (QED) is 0.679. The molecule has 132 valence electrons. The number of aryl methyl sites for hydroxylation is 1. The number of carboxylic acid groups (broad SMARTS) is 1. The molecule has 6 heteroatoms. The van der Waals surface area contributed by atoms with E-state index in [0.717, 1.165) is 22.5 Å². The predicted molar refractivity (Wildman–Crippen MR) is 98.1 cm³/mol. The van der Waals surface area contributed by atoms with Crippen LogP contribution in [0.15, 0.2) is 36.4 Å². The molecule has 0 radical (unpaired) electrons. The van der Waals surface area contributed by atoms with E-state index in [9.17, 15) is 9.90 Å². The summed E-state index contributed by atoms with van der Waals surface area (Å²) in [6, 6.07) is 11.5. The maximum atomic E-state index is 10.9. The molecule has 0 spiro atoms. The van der Waals surface area contributed by atoms with Crippen molar-refractivity contribution in [1.29, 1.82) is 0 Å². The number of phenolic OH excluding ortho intramolecular Hbond substituents is 1. The zero-order chi connectivity index (χ0) is 18.2. The molecule has 6 nitrogen and oxygen atoms in total. The number of fused-ring (bicyclic) bond motifs is 1. The van der Waals surface area contributed by atoms with Gasteiger partial charge in [0.1, 0.15) is 11.4 Å². The van der Waals surface area contributed by atoms with Gasteiger partial charge in [-0.3, -0.25) is 9.80 Å². The fourth-order valence-electron chi connectivity index (χ4n) is 2.96. The predicted octanol–water partition coefficient (Wildman–Crippen LogP) is 3.69. The van der Waals surface area contributed by atoms with Crippen molar-refractivity contribution in [2.45, 2.75) is 39.0 Å². The molecule has 4 N–H and O–H groups in total. The zero-order valence-electron chi connectivity index (χ0n) is 14.6. The molecule has 0 aliphatic carbocycles. The number of nitrogens with one attached hydrogen (secondary N) is 2. The Morgan fingerprint density at radius 1 is 1.16 bits per heavy atom. The molecule has 25 heavy (non-hydrogen) atoms. The molecule has 0 unspecified atom stereocenters. The Bertz CT molecular complexity index is 812. The Morgan fingerprint density at radius 3 is 2.56 bits per heavy atom. The maximum Gasteiger partial charge on any atom is 0.303 e. The summed E-state index contributed by atoms with van der Waals surface area (Å²) in [5.74, 6) is -0.643. The molecule has 3 rings (SSSR count). The molecule has 2 aromatic carbocycles. The van der Waals surface area contributed by atoms with Crippen molar-refractivity contribution in [1.82, 2.24) is 5.53 Å². The van der Waals surface area contributed by atoms with Crippen LogP contribution in [0.4, 0.5) is 17.1 Å². The summed E-state index contributed by atoms with van der Waals surface area (Å²) in [6.45, 7) is 6.07. The number of aromatic hydroxyl groups is 1. The average Bonchev–Trinajstić information content (AvgIpc) is 2.96. The number of anilines is 3. The molecule has 1 aliphatic rings. The van der Waals surface area contributed by atoms with Crippen LogP contribution in [0.25, 0.3) is 0 Å². The first-order chi connectivity index (χ1) is 11.8. The van der Waals surface area contributed by atoms with Crippen LogP contribution >= 0.6 is 0 Å². The molecule has 0 aromatic heterocycles. The van der Waals surface area contributed by atoms with Crippen LogP contribution in [0, 0.1) is 0 Å². The Hall–Kier alpha value is -2.73. The van der Waals surface area contributed by atoms with Gasteiger partial charge in [-0.2, -0.15) is 0 Å². The smallest absolute Gasteiger partial charge is 0.303 e. The van der Waals surface area contributed by atoms with Gasteiger partial charge < -0.3 is 15.6 Å². The number of carboxylic acids is 1. The van der Waals surface area contributed by atoms with E-state index in [1.165, 1.54) is 0 Å². The summed E-state index contributed by atoms with van der Waals surface area (Å²) in [6.07, 6.45) is 0.463. The number of benzene rings is 2. The highest BCUT2D eigenvalue weighted by Crippen LogP contribution is 2.43. The van der Waals surface area contributed by atoms with Crippen LogP contribution < -0.4 is 16.0 Å². The number of para-hydroxylation sites is 2. The molecule has 1 heterocycles. The lowest BCUT2D eigenvalue weighted by Gasteiger charge is -2.27. The number of hydrogen-bond acceptors (Lipinski definition) is 5. The lowest BCUT2D eigenvalue weighted by Crippen LogP contribution is -2.32. The molecule has 0 fully saturated rings. The fraction of sp³-hybridized carbons (Fsp3) is 0.316. The summed E-state index contributed by atoms with van der Waals surface area (Å²) in [5, 5.41) is 21.7. The van der Waals surface area contributed by atoms with E-state index in [1.54, 1.807) is 5.01 Å². The number of hydrogen-bond donors (Lipinski definition) is 4. The van der Waals surface area contributed by atoms with Crippen LogP contribution in [0.1, 0.15) is 38.3 Å². The van der Waals surface area contributed by atoms with Crippen molar-refractivity contribution >= 4 is 23.0 Å². The maximum absolute atomic E-state index is 10.9. The third-order valence-corrected chi connectivity index (χ3v) is 4.27. The minimum Gasteiger partial charge on any atom is -0.505 e. The van der Waals surface area contributed by atoms with Gasteiger partial charge in [0.15, 0.2) is 0 Å². The number of rotatable bonds is 4. The highest BCUT2D eigenvalue weighted by Gasteiger charge is 2.27. The van der Waals surface area contributed by atoms with Crippen LogP contribution in [-0.4, -0.2) is 16.2 Å².